The maximum absolute atomic E-state index is 5.48. The maximum atomic E-state index is 5.48. The largest absolute Gasteiger partial charge is 0.385 e. The van der Waals surface area contributed by atoms with Gasteiger partial charge in [0.2, 0.25) is 0 Å². The average molecular weight is 299 g/mol. The van der Waals surface area contributed by atoms with Crippen LogP contribution in [0.15, 0.2) is 0 Å². The first-order valence-corrected chi connectivity index (χ1v) is 8.48. The lowest BCUT2D eigenvalue weighted by Crippen LogP contribution is -2.50. The number of thiocarbonyl (C=S) groups is 1. The fourth-order valence-electron chi connectivity index (χ4n) is 3.24. The molecule has 0 amide bonds. The van der Waals surface area contributed by atoms with E-state index >= 15 is 0 Å². The zero-order valence-electron chi connectivity index (χ0n) is 12.8. The number of piperidine rings is 2. The van der Waals surface area contributed by atoms with E-state index in [2.05, 4.69) is 15.1 Å². The van der Waals surface area contributed by atoms with Gasteiger partial charge < -0.3 is 19.9 Å². The van der Waals surface area contributed by atoms with Gasteiger partial charge in [0, 0.05) is 39.4 Å². The van der Waals surface area contributed by atoms with Crippen LogP contribution in [-0.4, -0.2) is 67.4 Å². The average Bonchev–Trinajstić information content (AvgIpc) is 2.52. The fraction of sp³-hybridized carbons (Fsp3) is 0.933. The van der Waals surface area contributed by atoms with Gasteiger partial charge in [0.05, 0.1) is 0 Å². The summed E-state index contributed by atoms with van der Waals surface area (Å²) in [5, 5.41) is 4.27. The summed E-state index contributed by atoms with van der Waals surface area (Å²) in [5.41, 5.74) is 0. The lowest BCUT2D eigenvalue weighted by molar-refractivity contribution is 0.114. The van der Waals surface area contributed by atoms with Crippen molar-refractivity contribution in [1.29, 1.82) is 0 Å². The third-order valence-electron chi connectivity index (χ3n) is 4.46. The van der Waals surface area contributed by atoms with Crippen LogP contribution in [0.1, 0.15) is 38.5 Å². The Kier molecular flexibility index (Phi) is 7.03. The number of rotatable bonds is 5. The molecule has 0 aromatic carbocycles. The van der Waals surface area contributed by atoms with Crippen molar-refractivity contribution in [2.24, 2.45) is 0 Å². The van der Waals surface area contributed by atoms with E-state index in [9.17, 15) is 0 Å². The molecule has 20 heavy (non-hydrogen) atoms. The van der Waals surface area contributed by atoms with Crippen LogP contribution in [0.3, 0.4) is 0 Å². The van der Waals surface area contributed by atoms with E-state index in [0.717, 1.165) is 43.8 Å². The second-order valence-corrected chi connectivity index (χ2v) is 6.28. The van der Waals surface area contributed by atoms with Crippen molar-refractivity contribution in [3.05, 3.63) is 0 Å². The van der Waals surface area contributed by atoms with Crippen LogP contribution >= 0.6 is 12.2 Å². The van der Waals surface area contributed by atoms with Crippen molar-refractivity contribution in [1.82, 2.24) is 15.1 Å². The maximum Gasteiger partial charge on any atom is 0.168 e. The van der Waals surface area contributed by atoms with Crippen LogP contribution in [-0.2, 0) is 4.74 Å². The molecule has 5 heteroatoms. The van der Waals surface area contributed by atoms with Crippen LogP contribution < -0.4 is 5.32 Å². The SMILES string of the molecule is COCCCNC(=S)N1CCC(N2CCCCC2)CC1. The molecular formula is C15H29N3OS. The summed E-state index contributed by atoms with van der Waals surface area (Å²) < 4.78 is 5.05. The number of hydrogen-bond acceptors (Lipinski definition) is 3. The number of methoxy groups -OCH3 is 1. The van der Waals surface area contributed by atoms with Gasteiger partial charge in [-0.1, -0.05) is 6.42 Å². The normalized spacial score (nSPS) is 21.9. The van der Waals surface area contributed by atoms with E-state index in [1.807, 2.05) is 0 Å². The smallest absolute Gasteiger partial charge is 0.168 e. The van der Waals surface area contributed by atoms with E-state index in [-0.39, 0.29) is 0 Å². The molecular weight excluding hydrogens is 270 g/mol. The Labute approximate surface area is 128 Å². The van der Waals surface area contributed by atoms with Crippen molar-refractivity contribution < 1.29 is 4.74 Å². The minimum atomic E-state index is 0.794. The molecule has 0 aromatic heterocycles. The lowest BCUT2D eigenvalue weighted by Gasteiger charge is -2.41. The number of hydrogen-bond donors (Lipinski definition) is 1. The summed E-state index contributed by atoms with van der Waals surface area (Å²) in [5.74, 6) is 0. The van der Waals surface area contributed by atoms with Gasteiger partial charge in [-0.2, -0.15) is 0 Å². The van der Waals surface area contributed by atoms with E-state index in [1.54, 1.807) is 7.11 Å². The van der Waals surface area contributed by atoms with E-state index in [0.29, 0.717) is 0 Å². The number of nitrogens with zero attached hydrogens (tertiary/aromatic N) is 2. The summed E-state index contributed by atoms with van der Waals surface area (Å²) in [6.07, 6.45) is 7.74. The van der Waals surface area contributed by atoms with Crippen LogP contribution in [0.2, 0.25) is 0 Å². The Morgan fingerprint density at radius 2 is 1.85 bits per heavy atom. The highest BCUT2D eigenvalue weighted by molar-refractivity contribution is 7.80. The molecule has 2 aliphatic rings. The number of likely N-dealkylation sites (tertiary alicyclic amines) is 2. The summed E-state index contributed by atoms with van der Waals surface area (Å²) in [6, 6.07) is 0.794. The van der Waals surface area contributed by atoms with Gasteiger partial charge in [0.15, 0.2) is 5.11 Å². The molecule has 0 atom stereocenters. The summed E-state index contributed by atoms with van der Waals surface area (Å²) >= 11 is 5.48. The molecule has 4 nitrogen and oxygen atoms in total. The highest BCUT2D eigenvalue weighted by Crippen LogP contribution is 2.20. The molecule has 0 saturated carbocycles. The van der Waals surface area contributed by atoms with Crippen molar-refractivity contribution in [2.75, 3.05) is 46.4 Å². The van der Waals surface area contributed by atoms with Gasteiger partial charge in [0.25, 0.3) is 0 Å². The molecule has 0 aromatic rings. The second-order valence-electron chi connectivity index (χ2n) is 5.89. The van der Waals surface area contributed by atoms with Crippen molar-refractivity contribution in [2.45, 2.75) is 44.6 Å². The standard InChI is InChI=1S/C15H29N3OS/c1-19-13-5-8-16-15(20)18-11-6-14(7-12-18)17-9-3-2-4-10-17/h14H,2-13H2,1H3,(H,16,20). The van der Waals surface area contributed by atoms with E-state index in [1.165, 1.54) is 45.2 Å². The molecule has 1 N–H and O–H groups in total. The molecule has 0 radical (unpaired) electrons. The molecule has 0 spiro atoms. The monoisotopic (exact) mass is 299 g/mol. The number of ether oxygens (including phenoxy) is 1. The summed E-state index contributed by atoms with van der Waals surface area (Å²) in [4.78, 5) is 5.04. The van der Waals surface area contributed by atoms with Gasteiger partial charge in [-0.3, -0.25) is 0 Å². The van der Waals surface area contributed by atoms with Gasteiger partial charge in [0.1, 0.15) is 0 Å². The minimum absolute atomic E-state index is 0.794. The lowest BCUT2D eigenvalue weighted by atomic mass is 10.0. The minimum Gasteiger partial charge on any atom is -0.385 e. The highest BCUT2D eigenvalue weighted by Gasteiger charge is 2.26. The van der Waals surface area contributed by atoms with Crippen LogP contribution in [0.25, 0.3) is 0 Å². The second kappa shape index (κ2) is 8.80. The molecule has 2 rings (SSSR count). The summed E-state index contributed by atoms with van der Waals surface area (Å²) in [6.45, 7) is 6.55. The predicted molar refractivity (Wildman–Crippen MR) is 87.1 cm³/mol. The molecule has 2 heterocycles. The molecule has 2 saturated heterocycles. The zero-order chi connectivity index (χ0) is 14.2. The van der Waals surface area contributed by atoms with Crippen molar-refractivity contribution in [3.63, 3.8) is 0 Å². The predicted octanol–water partition coefficient (Wildman–Crippen LogP) is 1.85. The summed E-state index contributed by atoms with van der Waals surface area (Å²) in [7, 11) is 1.74. The first kappa shape index (κ1) is 16.0. The van der Waals surface area contributed by atoms with Crippen LogP contribution in [0, 0.1) is 0 Å². The highest BCUT2D eigenvalue weighted by atomic mass is 32.1. The third kappa shape index (κ3) is 4.86. The first-order valence-electron chi connectivity index (χ1n) is 8.07. The molecule has 0 bridgehead atoms. The number of nitrogens with one attached hydrogen (secondary N) is 1. The van der Waals surface area contributed by atoms with Crippen molar-refractivity contribution >= 4 is 17.3 Å². The molecule has 0 unspecified atom stereocenters. The van der Waals surface area contributed by atoms with E-state index < -0.39 is 0 Å². The Morgan fingerprint density at radius 1 is 1.15 bits per heavy atom. The Balaban J connectivity index is 1.64. The quantitative estimate of drug-likeness (QED) is 0.618. The zero-order valence-corrected chi connectivity index (χ0v) is 13.6. The first-order chi connectivity index (χ1) is 9.81. The molecule has 0 aliphatic carbocycles. The fourth-order valence-corrected chi connectivity index (χ4v) is 3.53. The Morgan fingerprint density at radius 3 is 2.50 bits per heavy atom. The Bertz CT molecular complexity index is 287. The molecule has 116 valence electrons. The van der Waals surface area contributed by atoms with Gasteiger partial charge >= 0.3 is 0 Å². The molecule has 2 aliphatic heterocycles. The Hall–Kier alpha value is -0.390. The third-order valence-corrected chi connectivity index (χ3v) is 4.86. The molecule has 2 fully saturated rings. The van der Waals surface area contributed by atoms with Gasteiger partial charge in [-0.05, 0) is 57.4 Å². The van der Waals surface area contributed by atoms with Crippen molar-refractivity contribution in [3.8, 4) is 0 Å². The van der Waals surface area contributed by atoms with E-state index in [4.69, 9.17) is 17.0 Å². The van der Waals surface area contributed by atoms with Gasteiger partial charge in [-0.25, -0.2) is 0 Å². The van der Waals surface area contributed by atoms with Crippen LogP contribution in [0.5, 0.6) is 0 Å². The van der Waals surface area contributed by atoms with Gasteiger partial charge in [-0.15, -0.1) is 0 Å². The van der Waals surface area contributed by atoms with Crippen LogP contribution in [0.4, 0.5) is 0 Å². The topological polar surface area (TPSA) is 27.7 Å².